The minimum absolute atomic E-state index is 0.0123. The minimum Gasteiger partial charge on any atom is -0.426 e. The predicted molar refractivity (Wildman–Crippen MR) is 87.0 cm³/mol. The summed E-state index contributed by atoms with van der Waals surface area (Å²) in [5.41, 5.74) is 0.708. The zero-order valence-electron chi connectivity index (χ0n) is 13.9. The molecule has 0 radical (unpaired) electrons. The number of hydrogen-bond acceptors (Lipinski definition) is 2. The third kappa shape index (κ3) is 5.02. The fourth-order valence-corrected chi connectivity index (χ4v) is 3.07. The summed E-state index contributed by atoms with van der Waals surface area (Å²) < 4.78 is 32.2. The first-order valence-corrected chi connectivity index (χ1v) is 8.62. The van der Waals surface area contributed by atoms with Crippen molar-refractivity contribution in [1.29, 1.82) is 0 Å². The van der Waals surface area contributed by atoms with Gasteiger partial charge in [-0.15, -0.1) is 0 Å². The van der Waals surface area contributed by atoms with E-state index >= 15 is 0 Å². The fraction of sp³-hybridized carbons (Fsp3) is 0.632. The van der Waals surface area contributed by atoms with Crippen LogP contribution in [0, 0.1) is 11.8 Å². The van der Waals surface area contributed by atoms with Gasteiger partial charge in [-0.25, -0.2) is 8.78 Å². The van der Waals surface area contributed by atoms with E-state index in [-0.39, 0.29) is 24.7 Å². The number of benzene rings is 1. The van der Waals surface area contributed by atoms with Gasteiger partial charge in [-0.3, -0.25) is 4.79 Å². The Hall–Kier alpha value is -1.45. The normalized spacial score (nSPS) is 23.0. The molecule has 2 rings (SSSR count). The summed E-state index contributed by atoms with van der Waals surface area (Å²) in [5, 5.41) is 0. The molecule has 1 fully saturated rings. The third-order valence-corrected chi connectivity index (χ3v) is 4.62. The van der Waals surface area contributed by atoms with Crippen molar-refractivity contribution in [3.63, 3.8) is 0 Å². The Kier molecular flexibility index (Phi) is 6.55. The second-order valence-electron chi connectivity index (χ2n) is 6.53. The first-order valence-electron chi connectivity index (χ1n) is 8.62. The summed E-state index contributed by atoms with van der Waals surface area (Å²) in [6.45, 7) is 3.78. The lowest BCUT2D eigenvalue weighted by atomic mass is 9.73. The molecule has 23 heavy (non-hydrogen) atoms. The molecule has 0 heterocycles. The van der Waals surface area contributed by atoms with E-state index in [1.165, 1.54) is 6.42 Å². The van der Waals surface area contributed by atoms with E-state index in [0.717, 1.165) is 19.3 Å². The average molecular weight is 324 g/mol. The van der Waals surface area contributed by atoms with E-state index in [0.29, 0.717) is 17.2 Å². The molecule has 1 aromatic carbocycles. The molecule has 2 unspecified atom stereocenters. The Morgan fingerprint density at radius 1 is 1.17 bits per heavy atom. The van der Waals surface area contributed by atoms with Crippen molar-refractivity contribution in [1.82, 2.24) is 0 Å². The summed E-state index contributed by atoms with van der Waals surface area (Å²) in [7, 11) is 0. The number of ether oxygens (including phenoxy) is 1. The standard InChI is InChI=1S/C19H26F2O2/c1-3-5-14-10-15(11-14)19(22)23-16-8-6-13(7-9-16)12-18(21)17(20)4-2/h6-9,14-15,17-18H,3-5,10-12H2,1-2H3. The van der Waals surface area contributed by atoms with Gasteiger partial charge in [0.15, 0.2) is 0 Å². The van der Waals surface area contributed by atoms with Gasteiger partial charge in [0.05, 0.1) is 5.92 Å². The smallest absolute Gasteiger partial charge is 0.314 e. The molecule has 0 N–H and O–H groups in total. The monoisotopic (exact) mass is 324 g/mol. The Bertz CT molecular complexity index is 495. The molecule has 0 amide bonds. The third-order valence-electron chi connectivity index (χ3n) is 4.62. The Balaban J connectivity index is 1.80. The van der Waals surface area contributed by atoms with Crippen LogP contribution in [0.3, 0.4) is 0 Å². The van der Waals surface area contributed by atoms with Crippen LogP contribution in [-0.4, -0.2) is 18.3 Å². The molecule has 2 nitrogen and oxygen atoms in total. The Morgan fingerprint density at radius 3 is 2.39 bits per heavy atom. The van der Waals surface area contributed by atoms with Gasteiger partial charge >= 0.3 is 5.97 Å². The summed E-state index contributed by atoms with van der Waals surface area (Å²) in [4.78, 5) is 12.0. The highest BCUT2D eigenvalue weighted by molar-refractivity contribution is 5.76. The summed E-state index contributed by atoms with van der Waals surface area (Å²) in [6, 6.07) is 6.69. The van der Waals surface area contributed by atoms with Gasteiger partial charge in [0.1, 0.15) is 18.1 Å². The zero-order valence-corrected chi connectivity index (χ0v) is 13.9. The van der Waals surface area contributed by atoms with Gasteiger partial charge in [-0.05, 0) is 42.9 Å². The molecular weight excluding hydrogens is 298 g/mol. The van der Waals surface area contributed by atoms with Crippen LogP contribution < -0.4 is 4.74 Å². The maximum atomic E-state index is 13.6. The first-order chi connectivity index (χ1) is 11.0. The zero-order chi connectivity index (χ0) is 16.8. The van der Waals surface area contributed by atoms with Crippen LogP contribution in [0.15, 0.2) is 24.3 Å². The van der Waals surface area contributed by atoms with Gasteiger partial charge in [-0.2, -0.15) is 0 Å². The molecular formula is C19H26F2O2. The predicted octanol–water partition coefficient (Wildman–Crippen LogP) is 5.05. The quantitative estimate of drug-likeness (QED) is 0.494. The van der Waals surface area contributed by atoms with E-state index in [1.54, 1.807) is 31.2 Å². The molecule has 1 saturated carbocycles. The molecule has 0 spiro atoms. The molecule has 1 aliphatic carbocycles. The lowest BCUT2D eigenvalue weighted by Crippen LogP contribution is -2.33. The molecule has 1 aliphatic rings. The number of esters is 1. The van der Waals surface area contributed by atoms with Crippen molar-refractivity contribution in [2.75, 3.05) is 0 Å². The number of rotatable bonds is 8. The van der Waals surface area contributed by atoms with Gasteiger partial charge < -0.3 is 4.74 Å². The van der Waals surface area contributed by atoms with E-state index < -0.39 is 12.3 Å². The van der Waals surface area contributed by atoms with Crippen LogP contribution >= 0.6 is 0 Å². The highest BCUT2D eigenvalue weighted by Crippen LogP contribution is 2.37. The van der Waals surface area contributed by atoms with Crippen LogP contribution in [0.2, 0.25) is 0 Å². The van der Waals surface area contributed by atoms with Crippen LogP contribution in [-0.2, 0) is 11.2 Å². The van der Waals surface area contributed by atoms with E-state index in [2.05, 4.69) is 6.92 Å². The highest BCUT2D eigenvalue weighted by atomic mass is 19.2. The number of carbonyl (C=O) groups is 1. The van der Waals surface area contributed by atoms with Gasteiger partial charge in [0.25, 0.3) is 0 Å². The Morgan fingerprint density at radius 2 is 1.83 bits per heavy atom. The number of alkyl halides is 2. The molecule has 4 heteroatoms. The maximum absolute atomic E-state index is 13.6. The van der Waals surface area contributed by atoms with Gasteiger partial charge in [-0.1, -0.05) is 38.8 Å². The number of halogens is 2. The van der Waals surface area contributed by atoms with Crippen LogP contribution in [0.25, 0.3) is 0 Å². The molecule has 0 bridgehead atoms. The summed E-state index contributed by atoms with van der Waals surface area (Å²) in [5.74, 6) is 0.968. The van der Waals surface area contributed by atoms with Crippen molar-refractivity contribution in [3.8, 4) is 5.75 Å². The van der Waals surface area contributed by atoms with Crippen molar-refractivity contribution >= 4 is 5.97 Å². The largest absolute Gasteiger partial charge is 0.426 e. The molecule has 128 valence electrons. The van der Waals surface area contributed by atoms with Crippen molar-refractivity contribution < 1.29 is 18.3 Å². The number of hydrogen-bond donors (Lipinski definition) is 0. The summed E-state index contributed by atoms with van der Waals surface area (Å²) in [6.07, 6.45) is 1.48. The van der Waals surface area contributed by atoms with Gasteiger partial charge in [0, 0.05) is 6.42 Å². The van der Waals surface area contributed by atoms with Crippen LogP contribution in [0.4, 0.5) is 8.78 Å². The van der Waals surface area contributed by atoms with Crippen molar-refractivity contribution in [3.05, 3.63) is 29.8 Å². The first kappa shape index (κ1) is 17.9. The minimum atomic E-state index is -1.49. The van der Waals surface area contributed by atoms with Gasteiger partial charge in [0.2, 0.25) is 0 Å². The number of carbonyl (C=O) groups excluding carboxylic acids is 1. The van der Waals surface area contributed by atoms with Crippen molar-refractivity contribution in [2.45, 2.75) is 64.7 Å². The SMILES string of the molecule is CCCC1CC(C(=O)Oc2ccc(CC(F)C(F)CC)cc2)C1. The average Bonchev–Trinajstić information content (AvgIpc) is 2.51. The summed E-state index contributed by atoms with van der Waals surface area (Å²) >= 11 is 0. The lowest BCUT2D eigenvalue weighted by Gasteiger charge is -2.33. The Labute approximate surface area is 137 Å². The topological polar surface area (TPSA) is 26.3 Å². The fourth-order valence-electron chi connectivity index (χ4n) is 3.07. The molecule has 0 saturated heterocycles. The van der Waals surface area contributed by atoms with Crippen LogP contribution in [0.5, 0.6) is 5.75 Å². The highest BCUT2D eigenvalue weighted by Gasteiger charge is 2.35. The molecule has 2 atom stereocenters. The lowest BCUT2D eigenvalue weighted by molar-refractivity contribution is -0.143. The molecule has 0 aliphatic heterocycles. The second kappa shape index (κ2) is 8.42. The molecule has 0 aromatic heterocycles. The van der Waals surface area contributed by atoms with Crippen LogP contribution in [0.1, 0.15) is 51.5 Å². The van der Waals surface area contributed by atoms with Crippen molar-refractivity contribution in [2.24, 2.45) is 11.8 Å². The maximum Gasteiger partial charge on any atom is 0.314 e. The second-order valence-corrected chi connectivity index (χ2v) is 6.53. The molecule has 1 aromatic rings. The van der Waals surface area contributed by atoms with E-state index in [1.807, 2.05) is 0 Å². The van der Waals surface area contributed by atoms with E-state index in [9.17, 15) is 13.6 Å². The van der Waals surface area contributed by atoms with E-state index in [4.69, 9.17) is 4.74 Å².